The molecule has 1 aliphatic rings. The van der Waals surface area contributed by atoms with E-state index >= 15 is 0 Å². The molecule has 1 saturated heterocycles. The Bertz CT molecular complexity index is 432. The molecule has 4 heteroatoms. The summed E-state index contributed by atoms with van der Waals surface area (Å²) in [5, 5.41) is 3.78. The lowest BCUT2D eigenvalue weighted by Crippen LogP contribution is -2.58. The van der Waals surface area contributed by atoms with Crippen LogP contribution in [0.15, 0.2) is 12.1 Å². The largest absolute Gasteiger partial charge is 0.311 e. The van der Waals surface area contributed by atoms with Gasteiger partial charge in [-0.25, -0.2) is 0 Å². The van der Waals surface area contributed by atoms with E-state index in [9.17, 15) is 0 Å². The molecule has 0 spiro atoms. The van der Waals surface area contributed by atoms with Crippen molar-refractivity contribution in [2.24, 2.45) is 11.8 Å². The maximum atomic E-state index is 6.09. The molecule has 1 aromatic rings. The zero-order chi connectivity index (χ0) is 15.4. The minimum atomic E-state index is 0.619. The summed E-state index contributed by atoms with van der Waals surface area (Å²) in [6.07, 6.45) is 2.50. The zero-order valence-electron chi connectivity index (χ0n) is 13.7. The summed E-state index contributed by atoms with van der Waals surface area (Å²) >= 11 is 7.81. The van der Waals surface area contributed by atoms with Gasteiger partial charge in [-0.3, -0.25) is 4.90 Å². The third kappa shape index (κ3) is 4.95. The van der Waals surface area contributed by atoms with Gasteiger partial charge in [0.25, 0.3) is 0 Å². The fraction of sp³-hybridized carbons (Fsp3) is 0.765. The molecule has 120 valence electrons. The van der Waals surface area contributed by atoms with Crippen molar-refractivity contribution in [1.29, 1.82) is 0 Å². The van der Waals surface area contributed by atoms with Gasteiger partial charge >= 0.3 is 0 Å². The van der Waals surface area contributed by atoms with E-state index in [2.05, 4.69) is 44.0 Å². The molecule has 0 aliphatic carbocycles. The van der Waals surface area contributed by atoms with E-state index in [1.807, 2.05) is 6.07 Å². The van der Waals surface area contributed by atoms with Gasteiger partial charge in [-0.05, 0) is 30.4 Å². The second-order valence-corrected chi connectivity index (χ2v) is 8.62. The highest BCUT2D eigenvalue weighted by molar-refractivity contribution is 7.16. The summed E-state index contributed by atoms with van der Waals surface area (Å²) in [4.78, 5) is 4.06. The number of hydrogen-bond acceptors (Lipinski definition) is 3. The van der Waals surface area contributed by atoms with Gasteiger partial charge < -0.3 is 5.32 Å². The van der Waals surface area contributed by atoms with Gasteiger partial charge in [0.05, 0.1) is 4.34 Å². The van der Waals surface area contributed by atoms with Gasteiger partial charge in [0.15, 0.2) is 0 Å². The summed E-state index contributed by atoms with van der Waals surface area (Å²) < 4.78 is 0.902. The van der Waals surface area contributed by atoms with Crippen LogP contribution in [0.5, 0.6) is 0 Å². The van der Waals surface area contributed by atoms with Crippen LogP contribution < -0.4 is 5.32 Å². The molecule has 1 aliphatic heterocycles. The maximum Gasteiger partial charge on any atom is 0.0931 e. The minimum Gasteiger partial charge on any atom is -0.311 e. The van der Waals surface area contributed by atoms with Crippen molar-refractivity contribution >= 4 is 22.9 Å². The molecule has 0 radical (unpaired) electrons. The van der Waals surface area contributed by atoms with Crippen molar-refractivity contribution < 1.29 is 0 Å². The summed E-state index contributed by atoms with van der Waals surface area (Å²) in [5.74, 6) is 1.48. The standard InChI is InChI=1S/C17H29ClN2S/c1-5-13(4)16-11-20(10-15-6-7-17(18)21-15)14(9-19-16)8-12(2)3/h6-7,12-14,16,19H,5,8-11H2,1-4H3. The van der Waals surface area contributed by atoms with Gasteiger partial charge in [0.2, 0.25) is 0 Å². The Morgan fingerprint density at radius 1 is 1.38 bits per heavy atom. The maximum absolute atomic E-state index is 6.09. The monoisotopic (exact) mass is 328 g/mol. The van der Waals surface area contributed by atoms with E-state index in [0.29, 0.717) is 12.1 Å². The van der Waals surface area contributed by atoms with Gasteiger partial charge in [0.1, 0.15) is 0 Å². The molecule has 3 atom stereocenters. The lowest BCUT2D eigenvalue weighted by molar-refractivity contribution is 0.0899. The molecule has 1 N–H and O–H groups in total. The van der Waals surface area contributed by atoms with Gasteiger partial charge in [0, 0.05) is 36.6 Å². The van der Waals surface area contributed by atoms with E-state index in [1.165, 1.54) is 17.7 Å². The van der Waals surface area contributed by atoms with Crippen molar-refractivity contribution in [2.45, 2.75) is 59.2 Å². The Morgan fingerprint density at radius 3 is 2.71 bits per heavy atom. The number of rotatable bonds is 6. The molecule has 0 aromatic carbocycles. The summed E-state index contributed by atoms with van der Waals surface area (Å²) in [5.41, 5.74) is 0. The molecular weight excluding hydrogens is 300 g/mol. The Kier molecular flexibility index (Phi) is 6.54. The first-order chi connectivity index (χ1) is 9.99. The van der Waals surface area contributed by atoms with Crippen molar-refractivity contribution in [2.75, 3.05) is 13.1 Å². The van der Waals surface area contributed by atoms with Crippen LogP contribution in [0, 0.1) is 11.8 Å². The van der Waals surface area contributed by atoms with Gasteiger partial charge in [-0.15, -0.1) is 11.3 Å². The topological polar surface area (TPSA) is 15.3 Å². The van der Waals surface area contributed by atoms with Crippen molar-refractivity contribution in [3.63, 3.8) is 0 Å². The smallest absolute Gasteiger partial charge is 0.0931 e. The lowest BCUT2D eigenvalue weighted by atomic mass is 9.93. The summed E-state index contributed by atoms with van der Waals surface area (Å²) in [6, 6.07) is 5.47. The normalized spacial score (nSPS) is 25.4. The number of hydrogen-bond donors (Lipinski definition) is 1. The molecule has 2 rings (SSSR count). The van der Waals surface area contributed by atoms with E-state index in [4.69, 9.17) is 11.6 Å². The number of piperazine rings is 1. The predicted molar refractivity (Wildman–Crippen MR) is 94.2 cm³/mol. The first-order valence-corrected chi connectivity index (χ1v) is 9.40. The van der Waals surface area contributed by atoms with Crippen molar-refractivity contribution in [3.05, 3.63) is 21.3 Å². The van der Waals surface area contributed by atoms with Crippen molar-refractivity contribution in [1.82, 2.24) is 10.2 Å². The van der Waals surface area contributed by atoms with Crippen molar-refractivity contribution in [3.8, 4) is 0 Å². The molecule has 0 amide bonds. The Labute approximate surface area is 138 Å². The Hall–Kier alpha value is -0.0900. The van der Waals surface area contributed by atoms with Crippen LogP contribution in [0.3, 0.4) is 0 Å². The van der Waals surface area contributed by atoms with Gasteiger partial charge in [-0.1, -0.05) is 45.7 Å². The van der Waals surface area contributed by atoms with Crippen LogP contribution in [-0.2, 0) is 6.54 Å². The SMILES string of the molecule is CCC(C)C1CN(Cc2ccc(Cl)s2)C(CC(C)C)CN1. The molecule has 3 unspecified atom stereocenters. The molecule has 0 saturated carbocycles. The van der Waals surface area contributed by atoms with Crippen LogP contribution in [0.1, 0.15) is 45.4 Å². The van der Waals surface area contributed by atoms with Crippen LogP contribution >= 0.6 is 22.9 Å². The predicted octanol–water partition coefficient (Wildman–Crippen LogP) is 4.64. The first kappa shape index (κ1) is 17.3. The molecule has 1 fully saturated rings. The average molecular weight is 329 g/mol. The third-order valence-corrected chi connectivity index (χ3v) is 5.84. The number of nitrogens with one attached hydrogen (secondary N) is 1. The quantitative estimate of drug-likeness (QED) is 0.818. The molecule has 2 nitrogen and oxygen atoms in total. The molecule has 0 bridgehead atoms. The average Bonchev–Trinajstić information content (AvgIpc) is 2.84. The zero-order valence-corrected chi connectivity index (χ0v) is 15.3. The van der Waals surface area contributed by atoms with E-state index in [-0.39, 0.29) is 0 Å². The summed E-state index contributed by atoms with van der Waals surface area (Å²) in [6.45, 7) is 12.6. The highest BCUT2D eigenvalue weighted by atomic mass is 35.5. The van der Waals surface area contributed by atoms with E-state index < -0.39 is 0 Å². The van der Waals surface area contributed by atoms with Crippen LogP contribution in [0.2, 0.25) is 4.34 Å². The molecule has 21 heavy (non-hydrogen) atoms. The second-order valence-electron chi connectivity index (χ2n) is 6.82. The fourth-order valence-corrected chi connectivity index (χ4v) is 4.27. The minimum absolute atomic E-state index is 0.619. The Balaban J connectivity index is 2.04. The third-order valence-electron chi connectivity index (χ3n) is 4.63. The fourth-order valence-electron chi connectivity index (χ4n) is 3.16. The second kappa shape index (κ2) is 7.96. The lowest BCUT2D eigenvalue weighted by Gasteiger charge is -2.43. The van der Waals surface area contributed by atoms with Gasteiger partial charge in [-0.2, -0.15) is 0 Å². The molecule has 2 heterocycles. The summed E-state index contributed by atoms with van der Waals surface area (Å²) in [7, 11) is 0. The molecular formula is C17H29ClN2S. The highest BCUT2D eigenvalue weighted by Crippen LogP contribution is 2.26. The van der Waals surface area contributed by atoms with Crippen LogP contribution in [0.25, 0.3) is 0 Å². The van der Waals surface area contributed by atoms with E-state index in [0.717, 1.165) is 35.8 Å². The first-order valence-electron chi connectivity index (χ1n) is 8.21. The van der Waals surface area contributed by atoms with Crippen LogP contribution in [-0.4, -0.2) is 30.1 Å². The van der Waals surface area contributed by atoms with E-state index in [1.54, 1.807) is 11.3 Å². The Morgan fingerprint density at radius 2 is 2.14 bits per heavy atom. The number of halogens is 1. The highest BCUT2D eigenvalue weighted by Gasteiger charge is 2.30. The number of thiophene rings is 1. The van der Waals surface area contributed by atoms with Crippen LogP contribution in [0.4, 0.5) is 0 Å². The number of nitrogens with zero attached hydrogens (tertiary/aromatic N) is 1. The molecule has 1 aromatic heterocycles.